The molecule has 0 atom stereocenters. The van der Waals surface area contributed by atoms with Crippen LogP contribution >= 0.6 is 11.6 Å². The number of hydrogen-bond donors (Lipinski definition) is 0. The van der Waals surface area contributed by atoms with Gasteiger partial charge in [-0.3, -0.25) is 0 Å². The van der Waals surface area contributed by atoms with Gasteiger partial charge < -0.3 is 4.57 Å². The summed E-state index contributed by atoms with van der Waals surface area (Å²) in [7, 11) is 0. The molecule has 1 aromatic carbocycles. The van der Waals surface area contributed by atoms with Crippen LogP contribution in [0.2, 0.25) is 5.02 Å². The van der Waals surface area contributed by atoms with Crippen molar-refractivity contribution in [1.82, 2.24) is 4.57 Å². The largest absolute Gasteiger partial charge is 0.347 e. The van der Waals surface area contributed by atoms with E-state index < -0.39 is 0 Å². The molecule has 0 unspecified atom stereocenters. The molecule has 0 amide bonds. The molecule has 1 aromatic heterocycles. The summed E-state index contributed by atoms with van der Waals surface area (Å²) in [6, 6.07) is 12.1. The Morgan fingerprint density at radius 2 is 1.86 bits per heavy atom. The Hall–Kier alpha value is -1.21. The lowest BCUT2D eigenvalue weighted by Crippen LogP contribution is -1.99. The average molecular weight is 206 g/mol. The highest BCUT2D eigenvalue weighted by Crippen LogP contribution is 2.11. The number of benzene rings is 1. The molecule has 14 heavy (non-hydrogen) atoms. The van der Waals surface area contributed by atoms with Crippen molar-refractivity contribution in [3.63, 3.8) is 0 Å². The van der Waals surface area contributed by atoms with E-state index in [1.54, 1.807) is 0 Å². The molecule has 2 aromatic rings. The summed E-state index contributed by atoms with van der Waals surface area (Å²) < 4.78 is 2.21. The summed E-state index contributed by atoms with van der Waals surface area (Å²) in [5, 5.41) is 0.790. The predicted octanol–water partition coefficient (Wildman–Crippen LogP) is 3.50. The predicted molar refractivity (Wildman–Crippen MR) is 59.7 cm³/mol. The van der Waals surface area contributed by atoms with Gasteiger partial charge in [0.2, 0.25) is 0 Å². The number of rotatable bonds is 2. The number of hydrogen-bond acceptors (Lipinski definition) is 0. The first kappa shape index (κ1) is 9.35. The van der Waals surface area contributed by atoms with Gasteiger partial charge in [-0.05, 0) is 36.8 Å². The Morgan fingerprint density at radius 1 is 1.14 bits per heavy atom. The lowest BCUT2D eigenvalue weighted by Gasteiger charge is -2.05. The van der Waals surface area contributed by atoms with Gasteiger partial charge in [0, 0.05) is 23.5 Å². The number of aromatic nitrogens is 1. The van der Waals surface area contributed by atoms with Crippen molar-refractivity contribution in [3.8, 4) is 0 Å². The van der Waals surface area contributed by atoms with Gasteiger partial charge in [0.15, 0.2) is 0 Å². The van der Waals surface area contributed by atoms with E-state index in [9.17, 15) is 0 Å². The van der Waals surface area contributed by atoms with Crippen LogP contribution in [0, 0.1) is 6.92 Å². The average Bonchev–Trinajstić information content (AvgIpc) is 2.56. The van der Waals surface area contributed by atoms with E-state index in [2.05, 4.69) is 42.0 Å². The second kappa shape index (κ2) is 3.89. The molecule has 0 aliphatic heterocycles. The van der Waals surface area contributed by atoms with Crippen LogP contribution in [0.5, 0.6) is 0 Å². The molecular formula is C12H12ClN. The zero-order chi connectivity index (χ0) is 9.97. The van der Waals surface area contributed by atoms with Crippen molar-refractivity contribution in [2.75, 3.05) is 0 Å². The summed E-state index contributed by atoms with van der Waals surface area (Å²) in [6.07, 6.45) is 2.09. The van der Waals surface area contributed by atoms with Crippen LogP contribution < -0.4 is 0 Å². The van der Waals surface area contributed by atoms with Gasteiger partial charge in [-0.15, -0.1) is 0 Å². The van der Waals surface area contributed by atoms with Gasteiger partial charge in [-0.1, -0.05) is 23.7 Å². The topological polar surface area (TPSA) is 4.93 Å². The molecule has 0 aliphatic rings. The Morgan fingerprint density at radius 3 is 2.43 bits per heavy atom. The van der Waals surface area contributed by atoms with Gasteiger partial charge in [-0.25, -0.2) is 0 Å². The van der Waals surface area contributed by atoms with Gasteiger partial charge in [0.25, 0.3) is 0 Å². The molecule has 0 radical (unpaired) electrons. The van der Waals surface area contributed by atoms with Gasteiger partial charge in [-0.2, -0.15) is 0 Å². The van der Waals surface area contributed by atoms with Crippen LogP contribution in [-0.4, -0.2) is 4.57 Å². The van der Waals surface area contributed by atoms with Crippen LogP contribution in [-0.2, 0) is 6.54 Å². The van der Waals surface area contributed by atoms with Crippen molar-refractivity contribution in [2.45, 2.75) is 13.5 Å². The lowest BCUT2D eigenvalue weighted by molar-refractivity contribution is 0.776. The first-order chi connectivity index (χ1) is 6.75. The van der Waals surface area contributed by atoms with Gasteiger partial charge in [0.05, 0.1) is 0 Å². The third-order valence-corrected chi connectivity index (χ3v) is 2.57. The number of nitrogens with zero attached hydrogens (tertiary/aromatic N) is 1. The second-order valence-electron chi connectivity index (χ2n) is 3.40. The highest BCUT2D eigenvalue weighted by molar-refractivity contribution is 6.30. The molecule has 0 bridgehead atoms. The number of halogens is 1. The standard InChI is InChI=1S/C12H12ClN/c1-10-3-2-8-14(10)9-11-4-6-12(13)7-5-11/h2-8H,9H2,1H3. The SMILES string of the molecule is Cc1cccn1Cc1ccc(Cl)cc1. The third kappa shape index (κ3) is 1.99. The van der Waals surface area contributed by atoms with E-state index in [1.165, 1.54) is 11.3 Å². The fourth-order valence-electron chi connectivity index (χ4n) is 1.46. The summed E-state index contributed by atoms with van der Waals surface area (Å²) in [5.74, 6) is 0. The van der Waals surface area contributed by atoms with E-state index in [0.717, 1.165) is 11.6 Å². The Kier molecular flexibility index (Phi) is 2.60. The van der Waals surface area contributed by atoms with Crippen molar-refractivity contribution < 1.29 is 0 Å². The molecule has 2 heteroatoms. The lowest BCUT2D eigenvalue weighted by atomic mass is 10.2. The second-order valence-corrected chi connectivity index (χ2v) is 3.84. The number of aryl methyl sites for hydroxylation is 1. The van der Waals surface area contributed by atoms with Gasteiger partial charge >= 0.3 is 0 Å². The minimum Gasteiger partial charge on any atom is -0.347 e. The molecule has 0 saturated carbocycles. The molecule has 0 aliphatic carbocycles. The van der Waals surface area contributed by atoms with Crippen LogP contribution in [0.25, 0.3) is 0 Å². The van der Waals surface area contributed by atoms with Crippen molar-refractivity contribution >= 4 is 11.6 Å². The van der Waals surface area contributed by atoms with E-state index in [0.29, 0.717) is 0 Å². The van der Waals surface area contributed by atoms with Crippen LogP contribution in [0.3, 0.4) is 0 Å². The maximum absolute atomic E-state index is 5.82. The molecule has 0 saturated heterocycles. The van der Waals surface area contributed by atoms with Crippen molar-refractivity contribution in [3.05, 3.63) is 58.9 Å². The molecule has 1 nitrogen and oxygen atoms in total. The first-order valence-corrected chi connectivity index (χ1v) is 5.00. The highest BCUT2D eigenvalue weighted by Gasteiger charge is 1.97. The highest BCUT2D eigenvalue weighted by atomic mass is 35.5. The molecule has 2 rings (SSSR count). The molecule has 0 N–H and O–H groups in total. The fraction of sp³-hybridized carbons (Fsp3) is 0.167. The van der Waals surface area contributed by atoms with Gasteiger partial charge in [0.1, 0.15) is 0 Å². The summed E-state index contributed by atoms with van der Waals surface area (Å²) in [5.41, 5.74) is 2.55. The van der Waals surface area contributed by atoms with Crippen LogP contribution in [0.4, 0.5) is 0 Å². The zero-order valence-electron chi connectivity index (χ0n) is 8.07. The molecule has 72 valence electrons. The quantitative estimate of drug-likeness (QED) is 0.707. The summed E-state index contributed by atoms with van der Waals surface area (Å²) >= 11 is 5.82. The Labute approximate surface area is 88.9 Å². The maximum atomic E-state index is 5.82. The fourth-order valence-corrected chi connectivity index (χ4v) is 1.59. The molecule has 1 heterocycles. The molecule has 0 spiro atoms. The van der Waals surface area contributed by atoms with Crippen LogP contribution in [0.15, 0.2) is 42.6 Å². The van der Waals surface area contributed by atoms with E-state index in [4.69, 9.17) is 11.6 Å². The maximum Gasteiger partial charge on any atom is 0.0472 e. The normalized spacial score (nSPS) is 10.4. The van der Waals surface area contributed by atoms with E-state index in [-0.39, 0.29) is 0 Å². The zero-order valence-corrected chi connectivity index (χ0v) is 8.83. The summed E-state index contributed by atoms with van der Waals surface area (Å²) in [4.78, 5) is 0. The van der Waals surface area contributed by atoms with E-state index in [1.807, 2.05) is 12.1 Å². The van der Waals surface area contributed by atoms with Crippen molar-refractivity contribution in [1.29, 1.82) is 0 Å². The van der Waals surface area contributed by atoms with E-state index >= 15 is 0 Å². The third-order valence-electron chi connectivity index (χ3n) is 2.32. The molecular weight excluding hydrogens is 194 g/mol. The Balaban J connectivity index is 2.19. The minimum absolute atomic E-state index is 0.790. The minimum atomic E-state index is 0.790. The monoisotopic (exact) mass is 205 g/mol. The molecule has 0 fully saturated rings. The summed E-state index contributed by atoms with van der Waals surface area (Å²) in [6.45, 7) is 3.02. The Bertz CT molecular complexity index is 414. The van der Waals surface area contributed by atoms with Crippen LogP contribution in [0.1, 0.15) is 11.3 Å². The van der Waals surface area contributed by atoms with Crippen molar-refractivity contribution in [2.24, 2.45) is 0 Å². The first-order valence-electron chi connectivity index (χ1n) is 4.62. The smallest absolute Gasteiger partial charge is 0.0472 e.